The third-order valence-corrected chi connectivity index (χ3v) is 3.24. The lowest BCUT2D eigenvalue weighted by Crippen LogP contribution is -2.31. The smallest absolute Gasteiger partial charge is 0.258 e. The zero-order valence-corrected chi connectivity index (χ0v) is 12.6. The second-order valence-corrected chi connectivity index (χ2v) is 5.23. The van der Waals surface area contributed by atoms with Crippen LogP contribution in [0.25, 0.3) is 0 Å². The topological polar surface area (TPSA) is 51.2 Å². The van der Waals surface area contributed by atoms with Crippen LogP contribution in [0.1, 0.15) is 18.5 Å². The van der Waals surface area contributed by atoms with E-state index in [1.165, 1.54) is 0 Å². The van der Waals surface area contributed by atoms with Crippen LogP contribution in [0.4, 0.5) is 0 Å². The van der Waals surface area contributed by atoms with Gasteiger partial charge in [-0.05, 0) is 42.8 Å². The minimum Gasteiger partial charge on any atom is -0.484 e. The summed E-state index contributed by atoms with van der Waals surface area (Å²) in [6.07, 6.45) is 3.41. The number of carbonyl (C=O) groups is 1. The molecule has 1 aromatic carbocycles. The van der Waals surface area contributed by atoms with Crippen LogP contribution in [0.2, 0.25) is 0 Å². The maximum atomic E-state index is 11.8. The van der Waals surface area contributed by atoms with Gasteiger partial charge in [0.25, 0.3) is 5.91 Å². The van der Waals surface area contributed by atoms with Crippen LogP contribution in [-0.2, 0) is 4.79 Å². The zero-order chi connectivity index (χ0) is 14.4. The molecule has 1 heterocycles. The molecule has 0 aliphatic heterocycles. The fourth-order valence-corrected chi connectivity index (χ4v) is 2.10. The number of hydrogen-bond acceptors (Lipinski definition) is 3. The molecule has 0 fully saturated rings. The molecule has 20 heavy (non-hydrogen) atoms. The minimum absolute atomic E-state index is 0.00806. The Kier molecular flexibility index (Phi) is 5.12. The van der Waals surface area contributed by atoms with Gasteiger partial charge in [0, 0.05) is 16.9 Å². The molecule has 1 unspecified atom stereocenters. The van der Waals surface area contributed by atoms with Gasteiger partial charge in [-0.15, -0.1) is 0 Å². The number of nitrogens with one attached hydrogen (secondary N) is 1. The van der Waals surface area contributed by atoms with Crippen molar-refractivity contribution in [2.45, 2.75) is 13.0 Å². The zero-order valence-electron chi connectivity index (χ0n) is 11.0. The maximum absolute atomic E-state index is 11.8. The SMILES string of the molecule is CC(NC(=O)COc1cccc(Br)c1)c1ccncc1. The molecule has 2 rings (SSSR count). The first-order chi connectivity index (χ1) is 9.65. The van der Waals surface area contributed by atoms with E-state index in [0.717, 1.165) is 10.0 Å². The summed E-state index contributed by atoms with van der Waals surface area (Å²) in [6, 6.07) is 11.1. The Bertz CT molecular complexity index is 575. The molecule has 2 aromatic rings. The number of aromatic nitrogens is 1. The highest BCUT2D eigenvalue weighted by Crippen LogP contribution is 2.17. The Morgan fingerprint density at radius 3 is 2.80 bits per heavy atom. The lowest BCUT2D eigenvalue weighted by molar-refractivity contribution is -0.123. The number of rotatable bonds is 5. The standard InChI is InChI=1S/C15H15BrN2O2/c1-11(12-5-7-17-8-6-12)18-15(19)10-20-14-4-2-3-13(16)9-14/h2-9,11H,10H2,1H3,(H,18,19). The highest BCUT2D eigenvalue weighted by atomic mass is 79.9. The summed E-state index contributed by atoms with van der Waals surface area (Å²) in [6.45, 7) is 1.91. The molecule has 0 aliphatic rings. The maximum Gasteiger partial charge on any atom is 0.258 e. The summed E-state index contributed by atoms with van der Waals surface area (Å²) in [7, 11) is 0. The quantitative estimate of drug-likeness (QED) is 0.914. The summed E-state index contributed by atoms with van der Waals surface area (Å²) in [5, 5.41) is 2.88. The first kappa shape index (κ1) is 14.5. The number of ether oxygens (including phenoxy) is 1. The van der Waals surface area contributed by atoms with Crippen molar-refractivity contribution >= 4 is 21.8 Å². The highest BCUT2D eigenvalue weighted by molar-refractivity contribution is 9.10. The van der Waals surface area contributed by atoms with Gasteiger partial charge in [0.1, 0.15) is 5.75 Å². The Morgan fingerprint density at radius 2 is 2.10 bits per heavy atom. The molecule has 5 heteroatoms. The van der Waals surface area contributed by atoms with Gasteiger partial charge in [0.2, 0.25) is 0 Å². The fourth-order valence-electron chi connectivity index (χ4n) is 1.72. The van der Waals surface area contributed by atoms with E-state index < -0.39 is 0 Å². The Balaban J connectivity index is 1.84. The van der Waals surface area contributed by atoms with Crippen molar-refractivity contribution in [3.63, 3.8) is 0 Å². The normalized spacial score (nSPS) is 11.7. The highest BCUT2D eigenvalue weighted by Gasteiger charge is 2.09. The predicted molar refractivity (Wildman–Crippen MR) is 80.4 cm³/mol. The number of halogens is 1. The van der Waals surface area contributed by atoms with Crippen molar-refractivity contribution in [2.75, 3.05) is 6.61 Å². The van der Waals surface area contributed by atoms with E-state index >= 15 is 0 Å². The van der Waals surface area contributed by atoms with Gasteiger partial charge < -0.3 is 10.1 Å². The lowest BCUT2D eigenvalue weighted by atomic mass is 10.1. The fraction of sp³-hybridized carbons (Fsp3) is 0.200. The molecular formula is C15H15BrN2O2. The van der Waals surface area contributed by atoms with Crippen LogP contribution in [0.3, 0.4) is 0 Å². The van der Waals surface area contributed by atoms with Gasteiger partial charge in [-0.25, -0.2) is 0 Å². The second-order valence-electron chi connectivity index (χ2n) is 4.32. The molecule has 1 N–H and O–H groups in total. The average molecular weight is 335 g/mol. The van der Waals surface area contributed by atoms with Crippen molar-refractivity contribution in [1.82, 2.24) is 10.3 Å². The summed E-state index contributed by atoms with van der Waals surface area (Å²) in [5.74, 6) is 0.500. The molecule has 0 saturated heterocycles. The summed E-state index contributed by atoms with van der Waals surface area (Å²) >= 11 is 3.35. The number of nitrogens with zero attached hydrogens (tertiary/aromatic N) is 1. The molecule has 1 amide bonds. The van der Waals surface area contributed by atoms with Gasteiger partial charge in [0.05, 0.1) is 6.04 Å². The summed E-state index contributed by atoms with van der Waals surface area (Å²) < 4.78 is 6.35. The van der Waals surface area contributed by atoms with E-state index in [1.807, 2.05) is 43.3 Å². The van der Waals surface area contributed by atoms with Gasteiger partial charge in [-0.3, -0.25) is 9.78 Å². The van der Waals surface area contributed by atoms with Gasteiger partial charge in [-0.1, -0.05) is 22.0 Å². The van der Waals surface area contributed by atoms with Crippen LogP contribution in [0.15, 0.2) is 53.3 Å². The van der Waals surface area contributed by atoms with Gasteiger partial charge in [0.15, 0.2) is 6.61 Å². The lowest BCUT2D eigenvalue weighted by Gasteiger charge is -2.14. The first-order valence-electron chi connectivity index (χ1n) is 6.23. The molecule has 1 aromatic heterocycles. The van der Waals surface area contributed by atoms with Crippen molar-refractivity contribution in [3.8, 4) is 5.75 Å². The third-order valence-electron chi connectivity index (χ3n) is 2.75. The third kappa shape index (κ3) is 4.35. The average Bonchev–Trinajstić information content (AvgIpc) is 2.46. The van der Waals surface area contributed by atoms with Crippen molar-refractivity contribution < 1.29 is 9.53 Å². The number of carbonyl (C=O) groups excluding carboxylic acids is 1. The van der Waals surface area contributed by atoms with Crippen LogP contribution in [0.5, 0.6) is 5.75 Å². The van der Waals surface area contributed by atoms with Gasteiger partial charge >= 0.3 is 0 Å². The van der Waals surface area contributed by atoms with Gasteiger partial charge in [-0.2, -0.15) is 0 Å². The molecule has 1 atom stereocenters. The van der Waals surface area contributed by atoms with E-state index in [0.29, 0.717) is 5.75 Å². The van der Waals surface area contributed by atoms with E-state index in [9.17, 15) is 4.79 Å². The Labute approximate surface area is 126 Å². The van der Waals surface area contributed by atoms with Crippen molar-refractivity contribution in [2.24, 2.45) is 0 Å². The van der Waals surface area contributed by atoms with E-state index in [1.54, 1.807) is 12.4 Å². The van der Waals surface area contributed by atoms with Crippen LogP contribution >= 0.6 is 15.9 Å². The molecule has 0 spiro atoms. The molecule has 104 valence electrons. The molecule has 0 radical (unpaired) electrons. The van der Waals surface area contributed by atoms with E-state index in [-0.39, 0.29) is 18.6 Å². The Morgan fingerprint density at radius 1 is 1.35 bits per heavy atom. The van der Waals surface area contributed by atoms with E-state index in [4.69, 9.17) is 4.74 Å². The monoisotopic (exact) mass is 334 g/mol. The van der Waals surface area contributed by atoms with Crippen LogP contribution in [-0.4, -0.2) is 17.5 Å². The summed E-state index contributed by atoms with van der Waals surface area (Å²) in [5.41, 5.74) is 1.01. The first-order valence-corrected chi connectivity index (χ1v) is 7.02. The number of amides is 1. The second kappa shape index (κ2) is 7.05. The van der Waals surface area contributed by atoms with Crippen LogP contribution in [0, 0.1) is 0 Å². The number of pyridine rings is 1. The molecule has 0 saturated carbocycles. The largest absolute Gasteiger partial charge is 0.484 e. The molecule has 0 bridgehead atoms. The molecule has 0 aliphatic carbocycles. The predicted octanol–water partition coefficient (Wildman–Crippen LogP) is 3.10. The number of benzene rings is 1. The molecule has 4 nitrogen and oxygen atoms in total. The summed E-state index contributed by atoms with van der Waals surface area (Å²) in [4.78, 5) is 15.8. The minimum atomic E-state index is -0.158. The van der Waals surface area contributed by atoms with Crippen molar-refractivity contribution in [1.29, 1.82) is 0 Å². The van der Waals surface area contributed by atoms with Crippen molar-refractivity contribution in [3.05, 3.63) is 58.8 Å². The van der Waals surface area contributed by atoms with Crippen LogP contribution < -0.4 is 10.1 Å². The molecular weight excluding hydrogens is 320 g/mol. The van der Waals surface area contributed by atoms with E-state index in [2.05, 4.69) is 26.2 Å². The Hall–Kier alpha value is -1.88. The number of hydrogen-bond donors (Lipinski definition) is 1.